The lowest BCUT2D eigenvalue weighted by atomic mass is 10.0. The lowest BCUT2D eigenvalue weighted by Crippen LogP contribution is -2.27. The Kier molecular flexibility index (Phi) is 5.74. The van der Waals surface area contributed by atoms with Crippen LogP contribution in [0.15, 0.2) is 34.1 Å². The van der Waals surface area contributed by atoms with Crippen molar-refractivity contribution in [2.24, 2.45) is 4.99 Å². The van der Waals surface area contributed by atoms with Crippen LogP contribution in [-0.2, 0) is 6.18 Å². The van der Waals surface area contributed by atoms with Crippen molar-refractivity contribution in [2.75, 3.05) is 0 Å². The van der Waals surface area contributed by atoms with Crippen molar-refractivity contribution in [3.05, 3.63) is 56.9 Å². The van der Waals surface area contributed by atoms with Crippen LogP contribution in [0.1, 0.15) is 48.6 Å². The van der Waals surface area contributed by atoms with Crippen LogP contribution in [0, 0.1) is 18.3 Å². The first-order valence-corrected chi connectivity index (χ1v) is 8.21. The molecule has 0 radical (unpaired) electrons. The van der Waals surface area contributed by atoms with E-state index in [4.69, 9.17) is 0 Å². The molecule has 0 fully saturated rings. The minimum Gasteiger partial charge on any atom is -0.494 e. The molecule has 1 N–H and O–H groups in total. The zero-order valence-electron chi connectivity index (χ0n) is 15.0. The molecule has 142 valence electrons. The van der Waals surface area contributed by atoms with Gasteiger partial charge < -0.3 is 5.11 Å². The predicted molar refractivity (Wildman–Crippen MR) is 95.5 cm³/mol. The second-order valence-corrected chi connectivity index (χ2v) is 6.09. The maximum atomic E-state index is 12.8. The van der Waals surface area contributed by atoms with E-state index in [1.807, 2.05) is 13.0 Å². The average molecular weight is 377 g/mol. The molecule has 8 heteroatoms. The third-order valence-electron chi connectivity index (χ3n) is 4.34. The van der Waals surface area contributed by atoms with Crippen molar-refractivity contribution in [3.63, 3.8) is 0 Å². The minimum atomic E-state index is -4.50. The van der Waals surface area contributed by atoms with Crippen LogP contribution in [0.25, 0.3) is 0 Å². The molecule has 0 amide bonds. The normalized spacial score (nSPS) is 12.9. The van der Waals surface area contributed by atoms with Gasteiger partial charge in [-0.2, -0.15) is 18.4 Å². The number of halogens is 3. The molecule has 1 unspecified atom stereocenters. The summed E-state index contributed by atoms with van der Waals surface area (Å²) in [6, 6.07) is 5.86. The number of nitrogens with zero attached hydrogens (tertiary/aromatic N) is 3. The molecule has 2 aromatic rings. The number of aliphatic imine (C=N–C) groups is 1. The molecule has 0 spiro atoms. The van der Waals surface area contributed by atoms with Crippen LogP contribution in [0.4, 0.5) is 18.9 Å². The number of rotatable bonds is 4. The van der Waals surface area contributed by atoms with Gasteiger partial charge in [-0.05, 0) is 44.0 Å². The van der Waals surface area contributed by atoms with E-state index in [-0.39, 0.29) is 34.3 Å². The number of alkyl halides is 3. The molecule has 1 aromatic heterocycles. The first kappa shape index (κ1) is 20.2. The van der Waals surface area contributed by atoms with E-state index < -0.39 is 17.3 Å². The smallest absolute Gasteiger partial charge is 0.416 e. The molecule has 0 aliphatic carbocycles. The summed E-state index contributed by atoms with van der Waals surface area (Å²) in [5.74, 6) is -0.374. The molecule has 27 heavy (non-hydrogen) atoms. The molecule has 2 rings (SSSR count). The molecule has 1 aromatic carbocycles. The number of hydrogen-bond donors (Lipinski definition) is 1. The number of nitriles is 1. The fraction of sp³-hybridized carbons (Fsp3) is 0.316. The van der Waals surface area contributed by atoms with E-state index in [1.54, 1.807) is 6.92 Å². The summed E-state index contributed by atoms with van der Waals surface area (Å²) in [5.41, 5.74) is -1.24. The van der Waals surface area contributed by atoms with Crippen molar-refractivity contribution >= 4 is 11.9 Å². The third kappa shape index (κ3) is 4.03. The zero-order chi connectivity index (χ0) is 20.4. The van der Waals surface area contributed by atoms with E-state index >= 15 is 0 Å². The summed E-state index contributed by atoms with van der Waals surface area (Å²) >= 11 is 0. The Morgan fingerprint density at radius 3 is 2.63 bits per heavy atom. The molecular weight excluding hydrogens is 359 g/mol. The van der Waals surface area contributed by atoms with Crippen LogP contribution in [0.5, 0.6) is 5.88 Å². The Hall–Kier alpha value is -3.08. The highest BCUT2D eigenvalue weighted by molar-refractivity contribution is 5.87. The standard InChI is InChI=1S/C19H18F3N3O2/c1-4-11(2)25-17(26)15(9-23)12(3)16(18(25)27)10-24-14-7-5-6-13(8-14)19(20,21)22/h5-8,10-11,27H,4H2,1-3H3. The van der Waals surface area contributed by atoms with Crippen LogP contribution < -0.4 is 5.56 Å². The number of benzene rings is 1. The van der Waals surface area contributed by atoms with Crippen LogP contribution in [0.3, 0.4) is 0 Å². The van der Waals surface area contributed by atoms with Crippen LogP contribution in [0.2, 0.25) is 0 Å². The number of pyridine rings is 1. The maximum Gasteiger partial charge on any atom is 0.416 e. The molecule has 0 saturated heterocycles. The molecule has 0 aliphatic rings. The summed E-state index contributed by atoms with van der Waals surface area (Å²) < 4.78 is 39.5. The van der Waals surface area contributed by atoms with E-state index in [0.717, 1.165) is 16.7 Å². The quantitative estimate of drug-likeness (QED) is 0.798. The Morgan fingerprint density at radius 1 is 1.41 bits per heavy atom. The van der Waals surface area contributed by atoms with Gasteiger partial charge in [-0.15, -0.1) is 0 Å². The maximum absolute atomic E-state index is 12.8. The molecule has 0 bridgehead atoms. The van der Waals surface area contributed by atoms with Crippen molar-refractivity contribution in [2.45, 2.75) is 39.4 Å². The Bertz CT molecular complexity index is 985. The van der Waals surface area contributed by atoms with E-state index in [0.29, 0.717) is 6.42 Å². The third-order valence-corrected chi connectivity index (χ3v) is 4.34. The summed E-state index contributed by atoms with van der Waals surface area (Å²) in [5, 5.41) is 19.8. The van der Waals surface area contributed by atoms with Crippen molar-refractivity contribution in [1.82, 2.24) is 4.57 Å². The van der Waals surface area contributed by atoms with Crippen molar-refractivity contribution in [1.29, 1.82) is 5.26 Å². The highest BCUT2D eigenvalue weighted by Gasteiger charge is 2.30. The van der Waals surface area contributed by atoms with E-state index in [1.165, 1.54) is 25.3 Å². The van der Waals surface area contributed by atoms with Crippen LogP contribution in [-0.4, -0.2) is 15.9 Å². The Balaban J connectivity index is 2.62. The minimum absolute atomic E-state index is 0.0309. The molecule has 0 aliphatic heterocycles. The van der Waals surface area contributed by atoms with Gasteiger partial charge in [0.05, 0.1) is 16.8 Å². The molecule has 0 saturated carbocycles. The highest BCUT2D eigenvalue weighted by Crippen LogP contribution is 2.31. The summed E-state index contributed by atoms with van der Waals surface area (Å²) in [6.45, 7) is 5.01. The fourth-order valence-electron chi connectivity index (χ4n) is 2.59. The van der Waals surface area contributed by atoms with Gasteiger partial charge in [0.15, 0.2) is 0 Å². The molecule has 5 nitrogen and oxygen atoms in total. The molecule has 1 heterocycles. The lowest BCUT2D eigenvalue weighted by molar-refractivity contribution is -0.137. The Labute approximate surface area is 154 Å². The number of aromatic nitrogens is 1. The van der Waals surface area contributed by atoms with Gasteiger partial charge in [-0.3, -0.25) is 14.4 Å². The molecular formula is C19H18F3N3O2. The lowest BCUT2D eigenvalue weighted by Gasteiger charge is -2.18. The largest absolute Gasteiger partial charge is 0.494 e. The first-order chi connectivity index (χ1) is 12.6. The van der Waals surface area contributed by atoms with Crippen LogP contribution >= 0.6 is 0 Å². The number of hydrogen-bond acceptors (Lipinski definition) is 4. The van der Waals surface area contributed by atoms with E-state index in [2.05, 4.69) is 4.99 Å². The zero-order valence-corrected chi connectivity index (χ0v) is 15.0. The van der Waals surface area contributed by atoms with Gasteiger partial charge in [0, 0.05) is 12.3 Å². The SMILES string of the molecule is CCC(C)n1c(O)c(C=Nc2cccc(C(F)(F)F)c2)c(C)c(C#N)c1=O. The highest BCUT2D eigenvalue weighted by atomic mass is 19.4. The van der Waals surface area contributed by atoms with Gasteiger partial charge in [0.1, 0.15) is 11.6 Å². The summed E-state index contributed by atoms with van der Waals surface area (Å²) in [7, 11) is 0. The second-order valence-electron chi connectivity index (χ2n) is 6.09. The van der Waals surface area contributed by atoms with Gasteiger partial charge in [0.2, 0.25) is 5.88 Å². The number of aromatic hydroxyl groups is 1. The van der Waals surface area contributed by atoms with Crippen molar-refractivity contribution < 1.29 is 18.3 Å². The van der Waals surface area contributed by atoms with E-state index in [9.17, 15) is 28.3 Å². The van der Waals surface area contributed by atoms with Gasteiger partial charge in [-0.1, -0.05) is 13.0 Å². The predicted octanol–water partition coefficient (Wildman–Crippen LogP) is 4.47. The topological polar surface area (TPSA) is 78.4 Å². The van der Waals surface area contributed by atoms with Gasteiger partial charge in [0.25, 0.3) is 5.56 Å². The van der Waals surface area contributed by atoms with Gasteiger partial charge >= 0.3 is 6.18 Å². The average Bonchev–Trinajstić information content (AvgIpc) is 2.61. The second kappa shape index (κ2) is 7.66. The molecule has 1 atom stereocenters. The summed E-state index contributed by atoms with van der Waals surface area (Å²) in [6.07, 6.45) is -2.80. The fourth-order valence-corrected chi connectivity index (χ4v) is 2.59. The van der Waals surface area contributed by atoms with Crippen molar-refractivity contribution in [3.8, 4) is 11.9 Å². The monoisotopic (exact) mass is 377 g/mol. The summed E-state index contributed by atoms with van der Waals surface area (Å²) in [4.78, 5) is 16.4. The Morgan fingerprint density at radius 2 is 2.07 bits per heavy atom. The first-order valence-electron chi connectivity index (χ1n) is 8.21. The van der Waals surface area contributed by atoms with Gasteiger partial charge in [-0.25, -0.2) is 0 Å².